The van der Waals surface area contributed by atoms with Crippen LogP contribution < -0.4 is 5.32 Å². The first-order valence-electron chi connectivity index (χ1n) is 8.08. The summed E-state index contributed by atoms with van der Waals surface area (Å²) in [4.78, 5) is 4.89. The number of hydrogen-bond acceptors (Lipinski definition) is 3. The van der Waals surface area contributed by atoms with E-state index in [1.54, 1.807) is 0 Å². The summed E-state index contributed by atoms with van der Waals surface area (Å²) in [6, 6.07) is 9.05. The Labute approximate surface area is 131 Å². The summed E-state index contributed by atoms with van der Waals surface area (Å²) in [5.74, 6) is 4.64. The molecule has 114 valence electrons. The molecule has 21 heavy (non-hydrogen) atoms. The zero-order valence-electron chi connectivity index (χ0n) is 13.0. The minimum atomic E-state index is 0.562. The molecule has 0 spiro atoms. The molecule has 1 saturated heterocycles. The Hall–Kier alpha value is -1.000. The van der Waals surface area contributed by atoms with Gasteiger partial charge < -0.3 is 9.88 Å². The van der Waals surface area contributed by atoms with Crippen molar-refractivity contribution in [2.75, 3.05) is 18.1 Å². The Kier molecular flexibility index (Phi) is 4.86. The highest BCUT2D eigenvalue weighted by atomic mass is 32.2. The molecular weight excluding hydrogens is 278 g/mol. The smallest absolute Gasteiger partial charge is 0.111 e. The molecule has 1 aliphatic heterocycles. The van der Waals surface area contributed by atoms with Gasteiger partial charge in [-0.15, -0.1) is 0 Å². The fraction of sp³-hybridized carbons (Fsp3) is 0.588. The molecule has 1 aromatic heterocycles. The third-order valence-corrected chi connectivity index (χ3v) is 5.64. The minimum absolute atomic E-state index is 0.562. The van der Waals surface area contributed by atoms with E-state index >= 15 is 0 Å². The van der Waals surface area contributed by atoms with E-state index in [0.29, 0.717) is 6.04 Å². The summed E-state index contributed by atoms with van der Waals surface area (Å²) >= 11 is 2.09. The van der Waals surface area contributed by atoms with Gasteiger partial charge in [0, 0.05) is 19.0 Å². The molecule has 3 rings (SSSR count). The van der Waals surface area contributed by atoms with E-state index in [-0.39, 0.29) is 0 Å². The van der Waals surface area contributed by atoms with Crippen molar-refractivity contribution >= 4 is 22.8 Å². The number of nitrogens with zero attached hydrogens (tertiary/aromatic N) is 2. The fourth-order valence-electron chi connectivity index (χ4n) is 3.37. The Morgan fingerprint density at radius 3 is 2.95 bits per heavy atom. The molecule has 4 heteroatoms. The quantitative estimate of drug-likeness (QED) is 0.888. The van der Waals surface area contributed by atoms with Gasteiger partial charge in [0.05, 0.1) is 11.0 Å². The zero-order valence-corrected chi connectivity index (χ0v) is 13.8. The van der Waals surface area contributed by atoms with Crippen LogP contribution in [-0.4, -0.2) is 33.6 Å². The summed E-state index contributed by atoms with van der Waals surface area (Å²) in [6.45, 7) is 6.45. The first-order valence-corrected chi connectivity index (χ1v) is 9.24. The van der Waals surface area contributed by atoms with Gasteiger partial charge in [0.1, 0.15) is 5.82 Å². The van der Waals surface area contributed by atoms with Crippen LogP contribution in [0.3, 0.4) is 0 Å². The number of thioether (sulfide) groups is 1. The zero-order chi connectivity index (χ0) is 14.7. The molecule has 0 radical (unpaired) electrons. The van der Waals surface area contributed by atoms with Crippen LogP contribution in [0.4, 0.5) is 0 Å². The van der Waals surface area contributed by atoms with Crippen LogP contribution in [0.15, 0.2) is 24.3 Å². The Balaban J connectivity index is 1.87. The van der Waals surface area contributed by atoms with Crippen molar-refractivity contribution in [1.29, 1.82) is 0 Å². The summed E-state index contributed by atoms with van der Waals surface area (Å²) in [5.41, 5.74) is 2.40. The average Bonchev–Trinajstić information content (AvgIpc) is 3.14. The number of likely N-dealkylation sites (N-methyl/N-ethyl adjacent to an activating group) is 1. The van der Waals surface area contributed by atoms with Crippen molar-refractivity contribution in [3.8, 4) is 0 Å². The number of nitrogens with one attached hydrogen (secondary N) is 1. The van der Waals surface area contributed by atoms with Gasteiger partial charge in [-0.25, -0.2) is 4.98 Å². The molecule has 0 bridgehead atoms. The van der Waals surface area contributed by atoms with Gasteiger partial charge in [-0.1, -0.05) is 19.1 Å². The number of hydrogen-bond donors (Lipinski definition) is 1. The van der Waals surface area contributed by atoms with Crippen molar-refractivity contribution in [3.05, 3.63) is 30.1 Å². The van der Waals surface area contributed by atoms with Crippen LogP contribution in [0, 0.1) is 5.92 Å². The predicted molar refractivity (Wildman–Crippen MR) is 92.0 cm³/mol. The molecule has 1 fully saturated rings. The van der Waals surface area contributed by atoms with E-state index in [2.05, 4.69) is 59.8 Å². The summed E-state index contributed by atoms with van der Waals surface area (Å²) in [7, 11) is 0. The molecule has 0 saturated carbocycles. The van der Waals surface area contributed by atoms with Crippen molar-refractivity contribution in [1.82, 2.24) is 14.9 Å². The van der Waals surface area contributed by atoms with E-state index in [0.717, 1.165) is 30.9 Å². The summed E-state index contributed by atoms with van der Waals surface area (Å²) in [6.07, 6.45) is 2.39. The Bertz CT molecular complexity index is 587. The van der Waals surface area contributed by atoms with Crippen LogP contribution in [0.25, 0.3) is 11.0 Å². The van der Waals surface area contributed by atoms with Crippen molar-refractivity contribution in [2.45, 2.75) is 39.3 Å². The molecule has 1 aromatic carbocycles. The van der Waals surface area contributed by atoms with Gasteiger partial charge in [0.2, 0.25) is 0 Å². The van der Waals surface area contributed by atoms with E-state index in [1.165, 1.54) is 29.3 Å². The second-order valence-corrected chi connectivity index (χ2v) is 6.90. The monoisotopic (exact) mass is 303 g/mol. The van der Waals surface area contributed by atoms with Gasteiger partial charge in [0.25, 0.3) is 0 Å². The molecule has 3 nitrogen and oxygen atoms in total. The second kappa shape index (κ2) is 6.84. The third-order valence-electron chi connectivity index (χ3n) is 4.45. The number of rotatable bonds is 6. The number of aryl methyl sites for hydroxylation is 1. The SMILES string of the molecule is CCNC(Cc1nc2ccccc2n1CC)C1CCSC1. The Morgan fingerprint density at radius 2 is 2.24 bits per heavy atom. The lowest BCUT2D eigenvalue weighted by molar-refractivity contribution is 0.378. The third kappa shape index (κ3) is 3.11. The molecule has 1 N–H and O–H groups in total. The molecular formula is C17H25N3S. The highest BCUT2D eigenvalue weighted by Gasteiger charge is 2.26. The minimum Gasteiger partial charge on any atom is -0.328 e. The van der Waals surface area contributed by atoms with Crippen LogP contribution >= 0.6 is 11.8 Å². The van der Waals surface area contributed by atoms with Crippen molar-refractivity contribution in [3.63, 3.8) is 0 Å². The first kappa shape index (κ1) is 14.9. The Morgan fingerprint density at radius 1 is 1.38 bits per heavy atom. The van der Waals surface area contributed by atoms with Gasteiger partial charge in [-0.05, 0) is 49.4 Å². The summed E-state index contributed by atoms with van der Waals surface area (Å²) in [5, 5.41) is 3.70. The molecule has 2 unspecified atom stereocenters. The van der Waals surface area contributed by atoms with E-state index in [9.17, 15) is 0 Å². The largest absolute Gasteiger partial charge is 0.328 e. The molecule has 0 aliphatic carbocycles. The number of fused-ring (bicyclic) bond motifs is 1. The number of benzene rings is 1. The lowest BCUT2D eigenvalue weighted by Gasteiger charge is -2.23. The van der Waals surface area contributed by atoms with Crippen LogP contribution in [0.5, 0.6) is 0 Å². The second-order valence-electron chi connectivity index (χ2n) is 5.75. The van der Waals surface area contributed by atoms with Gasteiger partial charge in [-0.2, -0.15) is 11.8 Å². The molecule has 2 heterocycles. The van der Waals surface area contributed by atoms with E-state index in [4.69, 9.17) is 4.98 Å². The van der Waals surface area contributed by atoms with Crippen LogP contribution in [0.1, 0.15) is 26.1 Å². The number of imidazole rings is 1. The standard InChI is InChI=1S/C17H25N3S/c1-3-18-15(13-9-10-21-12-13)11-17-19-14-7-5-6-8-16(14)20(17)4-2/h5-8,13,15,18H,3-4,9-12H2,1-2H3. The highest BCUT2D eigenvalue weighted by molar-refractivity contribution is 7.99. The fourth-order valence-corrected chi connectivity index (χ4v) is 4.71. The maximum atomic E-state index is 4.89. The van der Waals surface area contributed by atoms with Crippen molar-refractivity contribution < 1.29 is 0 Å². The molecule has 1 aliphatic rings. The number of aromatic nitrogens is 2. The van der Waals surface area contributed by atoms with E-state index < -0.39 is 0 Å². The summed E-state index contributed by atoms with van der Waals surface area (Å²) < 4.78 is 2.38. The van der Waals surface area contributed by atoms with Gasteiger partial charge in [-0.3, -0.25) is 0 Å². The highest BCUT2D eigenvalue weighted by Crippen LogP contribution is 2.28. The lowest BCUT2D eigenvalue weighted by atomic mass is 9.96. The average molecular weight is 303 g/mol. The maximum absolute atomic E-state index is 4.89. The lowest BCUT2D eigenvalue weighted by Crippen LogP contribution is -2.38. The van der Waals surface area contributed by atoms with Crippen LogP contribution in [-0.2, 0) is 13.0 Å². The van der Waals surface area contributed by atoms with Gasteiger partial charge in [0.15, 0.2) is 0 Å². The maximum Gasteiger partial charge on any atom is 0.111 e. The van der Waals surface area contributed by atoms with E-state index in [1.807, 2.05) is 0 Å². The number of para-hydroxylation sites is 2. The first-order chi connectivity index (χ1) is 10.3. The normalized spacial score (nSPS) is 20.2. The molecule has 2 aromatic rings. The predicted octanol–water partition coefficient (Wildman–Crippen LogP) is 3.33. The topological polar surface area (TPSA) is 29.9 Å². The van der Waals surface area contributed by atoms with Crippen LogP contribution in [0.2, 0.25) is 0 Å². The van der Waals surface area contributed by atoms with Gasteiger partial charge >= 0.3 is 0 Å². The van der Waals surface area contributed by atoms with Crippen molar-refractivity contribution in [2.24, 2.45) is 5.92 Å². The molecule has 2 atom stereocenters. The molecule has 0 amide bonds.